The largest absolute Gasteiger partial charge is 0.394 e. The van der Waals surface area contributed by atoms with Crippen LogP contribution in [-0.2, 0) is 4.74 Å². The van der Waals surface area contributed by atoms with Gasteiger partial charge in [-0.2, -0.15) is 0 Å². The number of ether oxygens (including phenoxy) is 1. The number of aliphatic hydroxyl groups excluding tert-OH is 3. The van der Waals surface area contributed by atoms with Gasteiger partial charge in [0.1, 0.15) is 41.3 Å². The van der Waals surface area contributed by atoms with Gasteiger partial charge in [0.15, 0.2) is 17.4 Å². The first-order valence-corrected chi connectivity index (χ1v) is 11.2. The molecule has 1 aliphatic heterocycles. The third-order valence-electron chi connectivity index (χ3n) is 5.40. The maximum absolute atomic E-state index is 13.6. The number of aliphatic hydroxyl groups is 3. The average Bonchev–Trinajstić information content (AvgIpc) is 3.30. The molecule has 0 bridgehead atoms. The van der Waals surface area contributed by atoms with Gasteiger partial charge in [-0.05, 0) is 30.3 Å². The Hall–Kier alpha value is -2.77. The Labute approximate surface area is 196 Å². The Kier molecular flexibility index (Phi) is 7.33. The molecule has 4 rings (SSSR count). The zero-order valence-corrected chi connectivity index (χ0v) is 18.3. The number of hydrogen-bond donors (Lipinski definition) is 3. The normalized spacial score (nSPS) is 24.8. The highest BCUT2D eigenvalue weighted by molar-refractivity contribution is 8.00. The zero-order chi connectivity index (χ0) is 24.4. The van der Waals surface area contributed by atoms with Crippen LogP contribution in [-0.4, -0.2) is 72.2 Å². The Morgan fingerprint density at radius 3 is 2.59 bits per heavy atom. The van der Waals surface area contributed by atoms with Gasteiger partial charge in [0.05, 0.1) is 18.6 Å². The average molecular weight is 495 g/mol. The molecule has 1 aliphatic rings. The smallest absolute Gasteiger partial charge is 0.172 e. The van der Waals surface area contributed by atoms with Crippen molar-refractivity contribution in [1.82, 2.24) is 15.0 Å². The second kappa shape index (κ2) is 10.2. The van der Waals surface area contributed by atoms with Crippen LogP contribution in [0.15, 0.2) is 48.7 Å². The highest BCUT2D eigenvalue weighted by atomic mass is 32.2. The molecule has 12 heteroatoms. The molecule has 1 aromatic heterocycles. The number of carbonyl (C=O) groups excluding carboxylic acids is 1. The van der Waals surface area contributed by atoms with E-state index in [-0.39, 0.29) is 11.3 Å². The molecule has 0 amide bonds. The third-order valence-corrected chi connectivity index (χ3v) is 6.55. The number of carbonyl (C=O) groups is 1. The van der Waals surface area contributed by atoms with E-state index in [1.807, 2.05) is 0 Å². The van der Waals surface area contributed by atoms with Crippen LogP contribution in [0.4, 0.5) is 13.2 Å². The summed E-state index contributed by atoms with van der Waals surface area (Å²) in [6, 6.07) is 7.31. The lowest BCUT2D eigenvalue weighted by Gasteiger charge is -2.41. The topological polar surface area (TPSA) is 118 Å². The molecule has 180 valence electrons. The first-order chi connectivity index (χ1) is 16.3. The van der Waals surface area contributed by atoms with Gasteiger partial charge in [0, 0.05) is 11.1 Å². The van der Waals surface area contributed by atoms with E-state index in [9.17, 15) is 33.3 Å². The number of halogens is 3. The van der Waals surface area contributed by atoms with Crippen molar-refractivity contribution in [2.75, 3.05) is 12.4 Å². The molecule has 0 radical (unpaired) electrons. The molecule has 1 unspecified atom stereocenters. The van der Waals surface area contributed by atoms with Gasteiger partial charge in [-0.3, -0.25) is 4.79 Å². The van der Waals surface area contributed by atoms with E-state index in [0.29, 0.717) is 11.3 Å². The molecule has 2 aromatic carbocycles. The monoisotopic (exact) mass is 495 g/mol. The van der Waals surface area contributed by atoms with Crippen LogP contribution >= 0.6 is 11.8 Å². The summed E-state index contributed by atoms with van der Waals surface area (Å²) in [6.07, 6.45) is -2.45. The molecule has 8 nitrogen and oxygen atoms in total. The SMILES string of the molecule is O=C(CSC1O[C@H](CO)[C@H](O)[C@H](n2cc(-c3cccc(F)c3)nn2)[C@H]1O)c1ccc(F)c(F)c1. The molecule has 1 saturated heterocycles. The fourth-order valence-electron chi connectivity index (χ4n) is 3.63. The summed E-state index contributed by atoms with van der Waals surface area (Å²) in [5, 5.41) is 39.1. The Bertz CT molecular complexity index is 1180. The van der Waals surface area contributed by atoms with Crippen molar-refractivity contribution in [3.8, 4) is 11.3 Å². The van der Waals surface area contributed by atoms with E-state index >= 15 is 0 Å². The van der Waals surface area contributed by atoms with Gasteiger partial charge in [-0.15, -0.1) is 16.9 Å². The van der Waals surface area contributed by atoms with E-state index in [4.69, 9.17) is 4.74 Å². The molecule has 34 heavy (non-hydrogen) atoms. The summed E-state index contributed by atoms with van der Waals surface area (Å²) in [7, 11) is 0. The summed E-state index contributed by atoms with van der Waals surface area (Å²) in [5.74, 6) is -3.49. The van der Waals surface area contributed by atoms with E-state index in [1.165, 1.54) is 29.1 Å². The Morgan fingerprint density at radius 1 is 1.09 bits per heavy atom. The van der Waals surface area contributed by atoms with Gasteiger partial charge < -0.3 is 20.1 Å². The van der Waals surface area contributed by atoms with Crippen LogP contribution in [0.25, 0.3) is 11.3 Å². The molecular weight excluding hydrogens is 475 g/mol. The summed E-state index contributed by atoms with van der Waals surface area (Å²) < 4.78 is 46.9. The van der Waals surface area contributed by atoms with Gasteiger partial charge in [0.25, 0.3) is 0 Å². The van der Waals surface area contributed by atoms with Crippen molar-refractivity contribution in [2.45, 2.75) is 29.8 Å². The number of hydrogen-bond acceptors (Lipinski definition) is 8. The lowest BCUT2D eigenvalue weighted by Crippen LogP contribution is -2.55. The number of nitrogens with zero attached hydrogens (tertiary/aromatic N) is 3. The number of rotatable bonds is 7. The van der Waals surface area contributed by atoms with Crippen LogP contribution < -0.4 is 0 Å². The van der Waals surface area contributed by atoms with Crippen LogP contribution in [0.1, 0.15) is 16.4 Å². The molecule has 2 heterocycles. The number of Topliss-reactive ketones (excluding diaryl/α,β-unsaturated/α-hetero) is 1. The van der Waals surface area contributed by atoms with Crippen LogP contribution in [0.5, 0.6) is 0 Å². The summed E-state index contributed by atoms with van der Waals surface area (Å²) in [4.78, 5) is 12.4. The number of thioether (sulfide) groups is 1. The zero-order valence-electron chi connectivity index (χ0n) is 17.5. The van der Waals surface area contributed by atoms with E-state index < -0.39 is 59.6 Å². The Morgan fingerprint density at radius 2 is 1.88 bits per heavy atom. The van der Waals surface area contributed by atoms with Crippen molar-refractivity contribution in [3.63, 3.8) is 0 Å². The van der Waals surface area contributed by atoms with Gasteiger partial charge >= 0.3 is 0 Å². The molecule has 0 aliphatic carbocycles. The first kappa shape index (κ1) is 24.4. The van der Waals surface area contributed by atoms with Crippen molar-refractivity contribution < 1.29 is 38.0 Å². The highest BCUT2D eigenvalue weighted by Gasteiger charge is 2.46. The first-order valence-electron chi connectivity index (χ1n) is 10.2. The fourth-order valence-corrected chi connectivity index (χ4v) is 4.69. The van der Waals surface area contributed by atoms with Crippen molar-refractivity contribution in [3.05, 3.63) is 71.7 Å². The minimum Gasteiger partial charge on any atom is -0.394 e. The van der Waals surface area contributed by atoms with Crippen molar-refractivity contribution in [2.24, 2.45) is 0 Å². The quantitative estimate of drug-likeness (QED) is 0.426. The Balaban J connectivity index is 1.52. The molecule has 3 N–H and O–H groups in total. The molecule has 1 fully saturated rings. The lowest BCUT2D eigenvalue weighted by atomic mass is 9.97. The highest BCUT2D eigenvalue weighted by Crippen LogP contribution is 2.35. The van der Waals surface area contributed by atoms with E-state index in [2.05, 4.69) is 10.3 Å². The second-order valence-corrected chi connectivity index (χ2v) is 8.74. The summed E-state index contributed by atoms with van der Waals surface area (Å²) in [5.41, 5.74) is -0.391. The minimum atomic E-state index is -1.39. The second-order valence-electron chi connectivity index (χ2n) is 7.65. The molecule has 5 atom stereocenters. The summed E-state index contributed by atoms with van der Waals surface area (Å²) >= 11 is 0.872. The lowest BCUT2D eigenvalue weighted by molar-refractivity contribution is -0.178. The summed E-state index contributed by atoms with van der Waals surface area (Å²) in [6.45, 7) is -0.579. The molecular formula is C22H20F3N3O5S. The van der Waals surface area contributed by atoms with E-state index in [1.54, 1.807) is 6.07 Å². The van der Waals surface area contributed by atoms with Crippen LogP contribution in [0.2, 0.25) is 0 Å². The maximum atomic E-state index is 13.6. The molecule has 0 spiro atoms. The van der Waals surface area contributed by atoms with Gasteiger partial charge in [-0.25, -0.2) is 17.9 Å². The predicted octanol–water partition coefficient (Wildman–Crippen LogP) is 1.96. The van der Waals surface area contributed by atoms with Gasteiger partial charge in [0.2, 0.25) is 0 Å². The van der Waals surface area contributed by atoms with Crippen molar-refractivity contribution >= 4 is 17.5 Å². The maximum Gasteiger partial charge on any atom is 0.172 e. The fraction of sp³-hybridized carbons (Fsp3) is 0.318. The molecule has 3 aromatic rings. The van der Waals surface area contributed by atoms with Crippen LogP contribution in [0, 0.1) is 17.5 Å². The molecule has 0 saturated carbocycles. The van der Waals surface area contributed by atoms with Gasteiger partial charge in [-0.1, -0.05) is 17.3 Å². The predicted molar refractivity (Wildman–Crippen MR) is 115 cm³/mol. The minimum absolute atomic E-state index is 0.0528. The standard InChI is InChI=1S/C22H20F3N3O5S/c23-13-3-1-2-11(6-13)16-8-28(27-26-16)19-20(31)18(9-29)33-22(21(19)32)34-10-17(30)12-4-5-14(24)15(25)7-12/h1-8,18-22,29,31-32H,9-10H2/t18-,19+,20+,21-,22?/m1/s1. The number of ketones is 1. The van der Waals surface area contributed by atoms with Crippen molar-refractivity contribution in [1.29, 1.82) is 0 Å². The van der Waals surface area contributed by atoms with Crippen LogP contribution in [0.3, 0.4) is 0 Å². The van der Waals surface area contributed by atoms with E-state index in [0.717, 1.165) is 30.0 Å². The number of benzene rings is 2. The number of aromatic nitrogens is 3. The third kappa shape index (κ3) is 5.00.